The van der Waals surface area contributed by atoms with Crippen LogP contribution < -0.4 is 10.5 Å². The maximum Gasteiger partial charge on any atom is 0.203 e. The summed E-state index contributed by atoms with van der Waals surface area (Å²) in [4.78, 5) is 12.9. The van der Waals surface area contributed by atoms with Crippen LogP contribution in [0, 0.1) is 6.92 Å². The molecule has 0 radical (unpaired) electrons. The smallest absolute Gasteiger partial charge is 0.203 e. The summed E-state index contributed by atoms with van der Waals surface area (Å²) in [5.41, 5.74) is 9.75. The Labute approximate surface area is 156 Å². The van der Waals surface area contributed by atoms with Crippen LogP contribution in [0.1, 0.15) is 72.9 Å². The number of anilines is 1. The van der Waals surface area contributed by atoms with Gasteiger partial charge in [-0.3, -0.25) is 4.79 Å². The Hall–Kier alpha value is -2.29. The molecule has 3 nitrogen and oxygen atoms in total. The van der Waals surface area contributed by atoms with Gasteiger partial charge in [0.25, 0.3) is 0 Å². The van der Waals surface area contributed by atoms with Gasteiger partial charge in [-0.15, -0.1) is 0 Å². The normalized spacial score (nSPS) is 16.2. The first-order valence-electron chi connectivity index (χ1n) is 9.75. The number of hydrogen-bond donors (Lipinski definition) is 1. The molecule has 2 aromatic carbocycles. The van der Waals surface area contributed by atoms with Gasteiger partial charge < -0.3 is 10.5 Å². The summed E-state index contributed by atoms with van der Waals surface area (Å²) in [6, 6.07) is 13.8. The number of nitrogens with two attached hydrogens (primary N) is 1. The molecule has 1 fully saturated rings. The lowest BCUT2D eigenvalue weighted by molar-refractivity contribution is 0.0788. The molecule has 3 heteroatoms. The van der Waals surface area contributed by atoms with E-state index in [1.165, 1.54) is 37.7 Å². The van der Waals surface area contributed by atoms with Crippen LogP contribution in [0.15, 0.2) is 42.5 Å². The van der Waals surface area contributed by atoms with Crippen LogP contribution in [-0.4, -0.2) is 11.9 Å². The number of hydrogen-bond acceptors (Lipinski definition) is 3. The molecule has 0 heterocycles. The second-order valence-corrected chi connectivity index (χ2v) is 7.38. The van der Waals surface area contributed by atoms with E-state index in [9.17, 15) is 4.79 Å². The molecule has 0 bridgehead atoms. The molecule has 26 heavy (non-hydrogen) atoms. The van der Waals surface area contributed by atoms with E-state index in [1.807, 2.05) is 44.2 Å². The molecule has 2 N–H and O–H groups in total. The minimum absolute atomic E-state index is 0.0164. The molecule has 0 amide bonds. The Balaban J connectivity index is 1.71. The van der Waals surface area contributed by atoms with Gasteiger partial charge in [0.05, 0.1) is 5.69 Å². The van der Waals surface area contributed by atoms with Crippen LogP contribution in [0.4, 0.5) is 5.69 Å². The summed E-state index contributed by atoms with van der Waals surface area (Å²) in [6.45, 7) is 3.94. The van der Waals surface area contributed by atoms with Crippen molar-refractivity contribution >= 4 is 11.5 Å². The largest absolute Gasteiger partial charge is 0.480 e. The van der Waals surface area contributed by atoms with Crippen molar-refractivity contribution < 1.29 is 9.53 Å². The average molecular weight is 351 g/mol. The first-order valence-corrected chi connectivity index (χ1v) is 9.75. The number of rotatable bonds is 6. The van der Waals surface area contributed by atoms with Crippen LogP contribution >= 0.6 is 0 Å². The quantitative estimate of drug-likeness (QED) is 0.539. The second-order valence-electron chi connectivity index (χ2n) is 7.38. The van der Waals surface area contributed by atoms with Crippen molar-refractivity contribution in [2.45, 2.75) is 64.4 Å². The standard InChI is InChI=1S/C23H29NO2/c1-3-21(26-22-14-9-16(2)15-20(22)24)23(25)19-12-10-18(11-13-19)17-7-5-4-6-8-17/h9-15,17,21H,3-8,24H2,1-2H3. The summed E-state index contributed by atoms with van der Waals surface area (Å²) in [7, 11) is 0. The van der Waals surface area contributed by atoms with Gasteiger partial charge in [-0.05, 0) is 55.4 Å². The third kappa shape index (κ3) is 4.27. The van der Waals surface area contributed by atoms with E-state index in [1.54, 1.807) is 0 Å². The highest BCUT2D eigenvalue weighted by atomic mass is 16.5. The molecule has 1 aliphatic carbocycles. The van der Waals surface area contributed by atoms with Crippen molar-refractivity contribution in [3.05, 3.63) is 59.2 Å². The number of aryl methyl sites for hydroxylation is 1. The zero-order valence-electron chi connectivity index (χ0n) is 15.8. The van der Waals surface area contributed by atoms with Gasteiger partial charge in [0.2, 0.25) is 5.78 Å². The third-order valence-corrected chi connectivity index (χ3v) is 5.37. The molecule has 1 aliphatic rings. The highest BCUT2D eigenvalue weighted by Gasteiger charge is 2.22. The molecule has 0 spiro atoms. The van der Waals surface area contributed by atoms with Crippen molar-refractivity contribution in [1.82, 2.24) is 0 Å². The topological polar surface area (TPSA) is 52.3 Å². The molecule has 1 unspecified atom stereocenters. The van der Waals surface area contributed by atoms with Gasteiger partial charge >= 0.3 is 0 Å². The Morgan fingerprint density at radius 1 is 1.12 bits per heavy atom. The van der Waals surface area contributed by atoms with Crippen LogP contribution in [0.5, 0.6) is 5.75 Å². The van der Waals surface area contributed by atoms with E-state index in [4.69, 9.17) is 10.5 Å². The highest BCUT2D eigenvalue weighted by Crippen LogP contribution is 2.33. The van der Waals surface area contributed by atoms with Gasteiger partial charge in [-0.25, -0.2) is 0 Å². The van der Waals surface area contributed by atoms with E-state index in [-0.39, 0.29) is 5.78 Å². The first kappa shape index (κ1) is 18.5. The molecule has 0 aromatic heterocycles. The van der Waals surface area contributed by atoms with Gasteiger partial charge in [0, 0.05) is 5.56 Å². The summed E-state index contributed by atoms with van der Waals surface area (Å²) in [5.74, 6) is 1.25. The maximum absolute atomic E-state index is 12.9. The molecular formula is C23H29NO2. The monoisotopic (exact) mass is 351 g/mol. The number of Topliss-reactive ketones (excluding diaryl/α,β-unsaturated/α-hetero) is 1. The number of nitrogen functional groups attached to an aromatic ring is 1. The van der Waals surface area contributed by atoms with Crippen LogP contribution in [0.2, 0.25) is 0 Å². The molecule has 0 aliphatic heterocycles. The van der Waals surface area contributed by atoms with E-state index < -0.39 is 6.10 Å². The SMILES string of the molecule is CCC(Oc1ccc(C)cc1N)C(=O)c1ccc(C2CCCCC2)cc1. The Bertz CT molecular complexity index is 745. The molecule has 2 aromatic rings. The first-order chi connectivity index (χ1) is 12.6. The van der Waals surface area contributed by atoms with Crippen LogP contribution in [0.3, 0.4) is 0 Å². The van der Waals surface area contributed by atoms with Gasteiger partial charge in [-0.1, -0.05) is 56.5 Å². The Morgan fingerprint density at radius 3 is 2.42 bits per heavy atom. The summed E-state index contributed by atoms with van der Waals surface area (Å²) < 4.78 is 5.94. The lowest BCUT2D eigenvalue weighted by Gasteiger charge is -2.22. The molecule has 138 valence electrons. The van der Waals surface area contributed by atoms with Crippen molar-refractivity contribution in [3.8, 4) is 5.75 Å². The molecular weight excluding hydrogens is 322 g/mol. The van der Waals surface area contributed by atoms with E-state index in [0.717, 1.165) is 5.56 Å². The van der Waals surface area contributed by atoms with Crippen LogP contribution in [0.25, 0.3) is 0 Å². The minimum Gasteiger partial charge on any atom is -0.480 e. The lowest BCUT2D eigenvalue weighted by Crippen LogP contribution is -2.27. The minimum atomic E-state index is -0.513. The number of carbonyl (C=O) groups excluding carboxylic acids is 1. The van der Waals surface area contributed by atoms with Crippen molar-refractivity contribution in [2.24, 2.45) is 0 Å². The third-order valence-electron chi connectivity index (χ3n) is 5.37. The molecule has 1 atom stereocenters. The zero-order chi connectivity index (χ0) is 18.5. The summed E-state index contributed by atoms with van der Waals surface area (Å²) in [5, 5.41) is 0. The van der Waals surface area contributed by atoms with Crippen molar-refractivity contribution in [3.63, 3.8) is 0 Å². The zero-order valence-corrected chi connectivity index (χ0v) is 15.8. The number of ketones is 1. The maximum atomic E-state index is 12.9. The van der Waals surface area contributed by atoms with Crippen molar-refractivity contribution in [1.29, 1.82) is 0 Å². The summed E-state index contributed by atoms with van der Waals surface area (Å²) in [6.07, 6.45) is 6.60. The van der Waals surface area contributed by atoms with Gasteiger partial charge in [0.15, 0.2) is 6.10 Å². The van der Waals surface area contributed by atoms with Crippen LogP contribution in [-0.2, 0) is 0 Å². The molecule has 1 saturated carbocycles. The van der Waals surface area contributed by atoms with E-state index in [2.05, 4.69) is 12.1 Å². The molecule has 3 rings (SSSR count). The van der Waals surface area contributed by atoms with Gasteiger partial charge in [0.1, 0.15) is 5.75 Å². The number of ether oxygens (including phenoxy) is 1. The average Bonchev–Trinajstić information content (AvgIpc) is 2.68. The fraction of sp³-hybridized carbons (Fsp3) is 0.435. The predicted molar refractivity (Wildman–Crippen MR) is 107 cm³/mol. The lowest BCUT2D eigenvalue weighted by atomic mass is 9.84. The van der Waals surface area contributed by atoms with E-state index in [0.29, 0.717) is 29.3 Å². The summed E-state index contributed by atoms with van der Waals surface area (Å²) >= 11 is 0. The van der Waals surface area contributed by atoms with Crippen molar-refractivity contribution in [2.75, 3.05) is 5.73 Å². The predicted octanol–water partition coefficient (Wildman–Crippen LogP) is 5.67. The van der Waals surface area contributed by atoms with E-state index >= 15 is 0 Å². The number of benzene rings is 2. The number of carbonyl (C=O) groups is 1. The second kappa shape index (κ2) is 8.39. The Morgan fingerprint density at radius 2 is 1.81 bits per heavy atom. The van der Waals surface area contributed by atoms with Gasteiger partial charge in [-0.2, -0.15) is 0 Å². The highest BCUT2D eigenvalue weighted by molar-refractivity contribution is 5.99. The fourth-order valence-corrected chi connectivity index (χ4v) is 3.79. The fourth-order valence-electron chi connectivity index (χ4n) is 3.79. The Kier molecular flexibility index (Phi) is 5.97. The molecule has 0 saturated heterocycles.